The molecule has 160 valence electrons. The van der Waals surface area contributed by atoms with Gasteiger partial charge in [-0.05, 0) is 60.1 Å². The second-order valence-electron chi connectivity index (χ2n) is 8.57. The number of ether oxygens (including phenoxy) is 2. The lowest BCUT2D eigenvalue weighted by Crippen LogP contribution is -2.39. The average Bonchev–Trinajstić information content (AvgIpc) is 2.74. The highest BCUT2D eigenvalue weighted by molar-refractivity contribution is 6.18. The number of benzene rings is 2. The lowest BCUT2D eigenvalue weighted by Gasteiger charge is -2.32. The second-order valence-corrected chi connectivity index (χ2v) is 8.95. The van der Waals surface area contributed by atoms with Gasteiger partial charge in [0.25, 0.3) is 0 Å². The zero-order valence-corrected chi connectivity index (χ0v) is 18.8. The van der Waals surface area contributed by atoms with E-state index in [1.54, 1.807) is 0 Å². The fourth-order valence-corrected chi connectivity index (χ4v) is 4.06. The van der Waals surface area contributed by atoms with E-state index in [0.29, 0.717) is 35.8 Å². The Bertz CT molecular complexity index is 897. The number of nitrogens with zero attached hydrogens (tertiary/aromatic N) is 1. The Hall–Kier alpha value is -2.22. The van der Waals surface area contributed by atoms with E-state index in [1.807, 2.05) is 18.2 Å². The maximum absolute atomic E-state index is 9.69. The highest BCUT2D eigenvalue weighted by Gasteiger charge is 2.27. The van der Waals surface area contributed by atoms with Crippen LogP contribution in [0.4, 0.5) is 0 Å². The van der Waals surface area contributed by atoms with Gasteiger partial charge < -0.3 is 15.2 Å². The second kappa shape index (κ2) is 9.73. The zero-order valence-electron chi connectivity index (χ0n) is 18.1. The summed E-state index contributed by atoms with van der Waals surface area (Å²) in [6, 6.07) is 15.0. The van der Waals surface area contributed by atoms with E-state index in [-0.39, 0.29) is 5.41 Å². The minimum absolute atomic E-state index is 0.264. The molecule has 2 aromatic rings. The van der Waals surface area contributed by atoms with Crippen molar-refractivity contribution in [3.8, 4) is 17.6 Å². The lowest BCUT2D eigenvalue weighted by atomic mass is 9.77. The predicted octanol–water partition coefficient (Wildman–Crippen LogP) is 5.18. The first-order valence-corrected chi connectivity index (χ1v) is 11.2. The van der Waals surface area contributed by atoms with E-state index >= 15 is 0 Å². The van der Waals surface area contributed by atoms with Gasteiger partial charge >= 0.3 is 0 Å². The molecule has 0 saturated heterocycles. The van der Waals surface area contributed by atoms with E-state index in [0.717, 1.165) is 42.7 Å². The highest BCUT2D eigenvalue weighted by atomic mass is 35.5. The quantitative estimate of drug-likeness (QED) is 0.561. The number of nitrogens with two attached hydrogens (primary N) is 1. The Balaban J connectivity index is 1.80. The largest absolute Gasteiger partial charge is 0.493 e. The molecule has 1 saturated carbocycles. The van der Waals surface area contributed by atoms with Crippen molar-refractivity contribution >= 4 is 11.6 Å². The Morgan fingerprint density at radius 1 is 1.13 bits per heavy atom. The number of halogens is 1. The molecule has 3 rings (SSSR count). The van der Waals surface area contributed by atoms with Crippen molar-refractivity contribution in [3.63, 3.8) is 0 Å². The molecule has 0 bridgehead atoms. The van der Waals surface area contributed by atoms with Gasteiger partial charge in [0.05, 0.1) is 18.1 Å². The number of rotatable bonds is 9. The minimum Gasteiger partial charge on any atom is -0.493 e. The fourth-order valence-electron chi connectivity index (χ4n) is 3.98. The zero-order chi connectivity index (χ0) is 21.7. The molecule has 0 spiro atoms. The molecule has 2 aromatic carbocycles. The van der Waals surface area contributed by atoms with Gasteiger partial charge in [-0.2, -0.15) is 5.26 Å². The van der Waals surface area contributed by atoms with Crippen LogP contribution in [0.1, 0.15) is 55.9 Å². The maximum atomic E-state index is 9.69. The van der Waals surface area contributed by atoms with Gasteiger partial charge in [-0.3, -0.25) is 0 Å². The molecule has 5 heteroatoms. The van der Waals surface area contributed by atoms with Crippen LogP contribution in [0.25, 0.3) is 0 Å². The third-order valence-corrected chi connectivity index (χ3v) is 6.20. The van der Waals surface area contributed by atoms with Gasteiger partial charge in [0.2, 0.25) is 0 Å². The van der Waals surface area contributed by atoms with E-state index in [2.05, 4.69) is 45.0 Å². The SMILES string of the molecule is CCc1cc(C(C)(C)c2ccc(OCC3CC(N)C3)cc2)cc(C#N)c1OCCCl. The summed E-state index contributed by atoms with van der Waals surface area (Å²) < 4.78 is 11.7. The van der Waals surface area contributed by atoms with Gasteiger partial charge in [0, 0.05) is 11.5 Å². The first kappa shape index (κ1) is 22.5. The van der Waals surface area contributed by atoms with Crippen molar-refractivity contribution in [2.75, 3.05) is 19.1 Å². The molecule has 30 heavy (non-hydrogen) atoms. The van der Waals surface area contributed by atoms with Gasteiger partial charge in [0.1, 0.15) is 24.2 Å². The molecule has 0 unspecified atom stereocenters. The molecule has 0 radical (unpaired) electrons. The van der Waals surface area contributed by atoms with Crippen LogP contribution in [-0.2, 0) is 11.8 Å². The topological polar surface area (TPSA) is 68.3 Å². The van der Waals surface area contributed by atoms with Crippen molar-refractivity contribution in [1.29, 1.82) is 5.26 Å². The van der Waals surface area contributed by atoms with E-state index in [4.69, 9.17) is 26.8 Å². The maximum Gasteiger partial charge on any atom is 0.140 e. The molecule has 0 amide bonds. The molecule has 1 aliphatic carbocycles. The third kappa shape index (κ3) is 4.91. The average molecular weight is 427 g/mol. The molecule has 0 aromatic heterocycles. The van der Waals surface area contributed by atoms with Crippen LogP contribution < -0.4 is 15.2 Å². The van der Waals surface area contributed by atoms with Crippen LogP contribution in [0, 0.1) is 17.2 Å². The third-order valence-electron chi connectivity index (χ3n) is 6.05. The van der Waals surface area contributed by atoms with Crippen LogP contribution in [0.2, 0.25) is 0 Å². The van der Waals surface area contributed by atoms with Crippen LogP contribution in [0.3, 0.4) is 0 Å². The Kier molecular flexibility index (Phi) is 7.28. The summed E-state index contributed by atoms with van der Waals surface area (Å²) >= 11 is 5.77. The van der Waals surface area contributed by atoms with Gasteiger partial charge in [-0.1, -0.05) is 39.0 Å². The normalized spacial score (nSPS) is 18.4. The van der Waals surface area contributed by atoms with Crippen LogP contribution in [0.5, 0.6) is 11.5 Å². The van der Waals surface area contributed by atoms with E-state index in [1.165, 1.54) is 5.56 Å². The summed E-state index contributed by atoms with van der Waals surface area (Å²) in [6.07, 6.45) is 2.89. The lowest BCUT2D eigenvalue weighted by molar-refractivity contribution is 0.160. The number of hydrogen-bond acceptors (Lipinski definition) is 4. The van der Waals surface area contributed by atoms with Gasteiger partial charge in [-0.25, -0.2) is 0 Å². The summed E-state index contributed by atoms with van der Waals surface area (Å²) in [7, 11) is 0. The summed E-state index contributed by atoms with van der Waals surface area (Å²) in [4.78, 5) is 0. The monoisotopic (exact) mass is 426 g/mol. The summed E-state index contributed by atoms with van der Waals surface area (Å²) in [5, 5.41) is 9.69. The first-order valence-electron chi connectivity index (χ1n) is 10.6. The highest BCUT2D eigenvalue weighted by Crippen LogP contribution is 2.37. The molecule has 1 fully saturated rings. The predicted molar refractivity (Wildman–Crippen MR) is 122 cm³/mol. The Morgan fingerprint density at radius 3 is 2.40 bits per heavy atom. The number of nitriles is 1. The molecule has 0 atom stereocenters. The molecule has 0 heterocycles. The summed E-state index contributed by atoms with van der Waals surface area (Å²) in [5.41, 5.74) is 9.42. The number of hydrogen-bond donors (Lipinski definition) is 1. The van der Waals surface area contributed by atoms with Crippen LogP contribution in [0.15, 0.2) is 36.4 Å². The summed E-state index contributed by atoms with van der Waals surface area (Å²) in [6.45, 7) is 7.54. The van der Waals surface area contributed by atoms with Gasteiger partial charge in [-0.15, -0.1) is 11.6 Å². The number of alkyl halides is 1. The van der Waals surface area contributed by atoms with Crippen LogP contribution >= 0.6 is 11.6 Å². The van der Waals surface area contributed by atoms with Crippen molar-refractivity contribution in [3.05, 3.63) is 58.7 Å². The Labute approximate surface area is 184 Å². The van der Waals surface area contributed by atoms with Crippen molar-refractivity contribution < 1.29 is 9.47 Å². The first-order chi connectivity index (χ1) is 14.4. The molecule has 4 nitrogen and oxygen atoms in total. The summed E-state index contributed by atoms with van der Waals surface area (Å²) in [5.74, 6) is 2.50. The Morgan fingerprint density at radius 2 is 1.83 bits per heavy atom. The molecule has 1 aliphatic rings. The van der Waals surface area contributed by atoms with Gasteiger partial charge in [0.15, 0.2) is 0 Å². The van der Waals surface area contributed by atoms with Crippen molar-refractivity contribution in [2.45, 2.75) is 51.5 Å². The smallest absolute Gasteiger partial charge is 0.140 e. The molecular formula is C25H31ClN2O2. The van der Waals surface area contributed by atoms with Crippen LogP contribution in [-0.4, -0.2) is 25.1 Å². The standard InChI is InChI=1S/C25H31ClN2O2/c1-4-18-13-21(14-19(15-27)24(18)29-10-9-26)25(2,3)20-5-7-23(8-6-20)30-16-17-11-22(28)12-17/h5-8,13-14,17,22H,4,9-12,16,28H2,1-3H3. The fraction of sp³-hybridized carbons (Fsp3) is 0.480. The molecular weight excluding hydrogens is 396 g/mol. The molecule has 0 aliphatic heterocycles. The van der Waals surface area contributed by atoms with E-state index in [9.17, 15) is 5.26 Å². The van der Waals surface area contributed by atoms with E-state index < -0.39 is 0 Å². The number of aryl methyl sites for hydroxylation is 1. The minimum atomic E-state index is -0.264. The van der Waals surface area contributed by atoms with Crippen molar-refractivity contribution in [2.24, 2.45) is 11.7 Å². The molecule has 2 N–H and O–H groups in total. The van der Waals surface area contributed by atoms with Crippen molar-refractivity contribution in [1.82, 2.24) is 0 Å².